The Labute approximate surface area is 359 Å². The largest absolute Gasteiger partial charge is 0.455 e. The number of carbonyl (C=O) groups is 1. The van der Waals surface area contributed by atoms with Crippen molar-refractivity contribution in [3.8, 4) is 0 Å². The zero-order chi connectivity index (χ0) is 43.0. The highest BCUT2D eigenvalue weighted by Gasteiger charge is 2.45. The first-order chi connectivity index (χ1) is 27.2. The average Bonchev–Trinajstić information content (AvgIpc) is 3.89. The summed E-state index contributed by atoms with van der Waals surface area (Å²) in [4.78, 5) is 12.3. The Morgan fingerprint density at radius 3 is 1.81 bits per heavy atom. The molecule has 1 N–H and O–H groups in total. The molecule has 2 fully saturated rings. The van der Waals surface area contributed by atoms with Gasteiger partial charge in [-0.15, -0.1) is 0 Å². The van der Waals surface area contributed by atoms with E-state index in [9.17, 15) is 9.90 Å². The Kier molecular flexibility index (Phi) is 22.0. The molecular formula is C49H92O7Si2. The van der Waals surface area contributed by atoms with Gasteiger partial charge in [-0.2, -0.15) is 0 Å². The summed E-state index contributed by atoms with van der Waals surface area (Å²) in [5, 5.41) is 11.4. The maximum Gasteiger partial charge on any atom is 0.334 e. The maximum atomic E-state index is 12.3. The van der Waals surface area contributed by atoms with E-state index in [0.29, 0.717) is 6.42 Å². The van der Waals surface area contributed by atoms with Crippen molar-refractivity contribution in [3.63, 3.8) is 0 Å². The van der Waals surface area contributed by atoms with Gasteiger partial charge in [0, 0.05) is 18.1 Å². The van der Waals surface area contributed by atoms with Gasteiger partial charge in [0.15, 0.2) is 16.6 Å². The zero-order valence-corrected chi connectivity index (χ0v) is 41.8. The Hall–Kier alpha value is -0.816. The van der Waals surface area contributed by atoms with E-state index in [1.54, 1.807) is 0 Å². The highest BCUT2D eigenvalue weighted by atomic mass is 28.4. The molecule has 0 amide bonds. The van der Waals surface area contributed by atoms with Crippen LogP contribution < -0.4 is 0 Å². The van der Waals surface area contributed by atoms with Crippen molar-refractivity contribution in [3.05, 3.63) is 23.8 Å². The van der Waals surface area contributed by atoms with E-state index in [1.165, 1.54) is 70.6 Å². The number of carbonyl (C=O) groups excluding carboxylic acids is 1. The number of ether oxygens (including phenoxy) is 3. The fourth-order valence-electron chi connectivity index (χ4n) is 8.34. The predicted octanol–water partition coefficient (Wildman–Crippen LogP) is 13.7. The first-order valence-corrected chi connectivity index (χ1v) is 30.0. The third kappa shape index (κ3) is 17.5. The molecule has 7 nitrogen and oxygen atoms in total. The van der Waals surface area contributed by atoms with Crippen LogP contribution in [0.5, 0.6) is 0 Å². The molecule has 2 saturated heterocycles. The summed E-state index contributed by atoms with van der Waals surface area (Å²) in [5.41, 5.74) is 0.780. The maximum absolute atomic E-state index is 12.3. The van der Waals surface area contributed by atoms with Crippen molar-refractivity contribution in [1.82, 2.24) is 0 Å². The molecule has 0 saturated carbocycles. The summed E-state index contributed by atoms with van der Waals surface area (Å²) < 4.78 is 32.6. The molecule has 0 unspecified atom stereocenters. The van der Waals surface area contributed by atoms with Crippen LogP contribution in [0.4, 0.5) is 0 Å². The molecule has 9 heteroatoms. The first kappa shape index (κ1) is 51.5. The molecule has 0 aromatic carbocycles. The Balaban J connectivity index is 1.34. The fourth-order valence-corrected chi connectivity index (χ4v) is 11.1. The molecule has 0 aromatic rings. The van der Waals surface area contributed by atoms with Crippen LogP contribution in [0.1, 0.15) is 197 Å². The summed E-state index contributed by atoms with van der Waals surface area (Å²) in [6.07, 6.45) is 31.0. The highest BCUT2D eigenvalue weighted by molar-refractivity contribution is 6.74. The van der Waals surface area contributed by atoms with E-state index in [4.69, 9.17) is 23.1 Å². The van der Waals surface area contributed by atoms with E-state index in [2.05, 4.69) is 86.8 Å². The monoisotopic (exact) mass is 849 g/mol. The smallest absolute Gasteiger partial charge is 0.334 e. The van der Waals surface area contributed by atoms with E-state index in [0.717, 1.165) is 69.8 Å². The number of aliphatic hydroxyl groups is 1. The number of hydrogen-bond donors (Lipinski definition) is 1. The number of esters is 1. The molecule has 58 heavy (non-hydrogen) atoms. The highest BCUT2D eigenvalue weighted by Crippen LogP contribution is 2.42. The fraction of sp³-hybridized carbons (Fsp3) is 0.898. The topological polar surface area (TPSA) is 83.5 Å². The van der Waals surface area contributed by atoms with Gasteiger partial charge in [-0.1, -0.05) is 131 Å². The molecule has 3 rings (SSSR count). The number of hydrogen-bond acceptors (Lipinski definition) is 7. The first-order valence-electron chi connectivity index (χ1n) is 24.2. The van der Waals surface area contributed by atoms with Crippen LogP contribution in [0.25, 0.3) is 0 Å². The standard InChI is InChI=1S/C49H92O7Si2/c1-13-14-15-16-17-22-25-28-31-46(56-58(11,12)49(6,7)8)45-35-34-44(54-45)43-33-32-42(53-43)41(50)30-27-24-21-19-18-20-23-26-29-40(55-57(9,10)48(3,4)5)37-39-36-38(2)52-47(39)51/h21,24,36,38,40-46,50H,13-20,22-23,25-35,37H2,1-12H3/b24-21+/t38-,40+,41+,42-,43-,44-,45+,46+/m0/s1. The number of unbranched alkanes of at least 4 members (excludes halogenated alkanes) is 11. The molecule has 0 aromatic heterocycles. The molecule has 3 aliphatic rings. The van der Waals surface area contributed by atoms with E-state index >= 15 is 0 Å². The normalized spacial score (nSPS) is 25.1. The molecule has 0 aliphatic carbocycles. The minimum Gasteiger partial charge on any atom is -0.455 e. The lowest BCUT2D eigenvalue weighted by atomic mass is 10.0. The SMILES string of the molecule is CCCCCCCCCC[C@@H](O[Si](C)(C)C(C)(C)C)[C@H]1CC[C@@H]([C@@H]2CC[C@@H]([C@H](O)CC/C=C/CCCCCC[C@H](CC3=C[C@H](C)OC3=O)O[Si](C)(C)C(C)(C)C)O2)O1. The average molecular weight is 849 g/mol. The van der Waals surface area contributed by atoms with Gasteiger partial charge in [-0.3, -0.25) is 0 Å². The summed E-state index contributed by atoms with van der Waals surface area (Å²) in [5.74, 6) is -0.177. The van der Waals surface area contributed by atoms with Gasteiger partial charge in [0.1, 0.15) is 6.10 Å². The summed E-state index contributed by atoms with van der Waals surface area (Å²) in [6, 6.07) is 0. The van der Waals surface area contributed by atoms with Crippen molar-refractivity contribution in [2.75, 3.05) is 0 Å². The van der Waals surface area contributed by atoms with Gasteiger partial charge in [-0.05, 0) is 113 Å². The quantitative estimate of drug-likeness (QED) is 0.0363. The molecule has 3 heterocycles. The lowest BCUT2D eigenvalue weighted by molar-refractivity contribution is -0.139. The third-order valence-corrected chi connectivity index (χ3v) is 23.2. The molecule has 0 bridgehead atoms. The third-order valence-electron chi connectivity index (χ3n) is 14.2. The molecule has 3 aliphatic heterocycles. The summed E-state index contributed by atoms with van der Waals surface area (Å²) in [6.45, 7) is 27.4. The van der Waals surface area contributed by atoms with Gasteiger partial charge in [0.2, 0.25) is 0 Å². The van der Waals surface area contributed by atoms with Crippen molar-refractivity contribution < 1.29 is 33.0 Å². The molecular weight excluding hydrogens is 757 g/mol. The van der Waals surface area contributed by atoms with Crippen LogP contribution in [0.2, 0.25) is 36.3 Å². The Morgan fingerprint density at radius 1 is 0.707 bits per heavy atom. The van der Waals surface area contributed by atoms with Crippen LogP contribution in [0.15, 0.2) is 23.8 Å². The number of cyclic esters (lactones) is 1. The lowest BCUT2D eigenvalue weighted by Crippen LogP contribution is -2.47. The minimum absolute atomic E-state index is 0.0618. The van der Waals surface area contributed by atoms with Gasteiger partial charge in [0.05, 0.1) is 36.6 Å². The number of allylic oxidation sites excluding steroid dienone is 2. The second-order valence-corrected chi connectivity index (χ2v) is 30.9. The van der Waals surface area contributed by atoms with Gasteiger partial charge in [-0.25, -0.2) is 4.79 Å². The van der Waals surface area contributed by atoms with E-state index in [-0.39, 0.29) is 58.8 Å². The van der Waals surface area contributed by atoms with Crippen LogP contribution in [-0.2, 0) is 27.9 Å². The van der Waals surface area contributed by atoms with Crippen molar-refractivity contribution in [2.24, 2.45) is 0 Å². The Bertz CT molecular complexity index is 1230. The van der Waals surface area contributed by atoms with Crippen LogP contribution in [0, 0.1) is 0 Å². The number of aliphatic hydroxyl groups excluding tert-OH is 1. The molecule has 0 radical (unpaired) electrons. The second-order valence-electron chi connectivity index (χ2n) is 21.4. The van der Waals surface area contributed by atoms with Crippen molar-refractivity contribution in [1.29, 1.82) is 0 Å². The van der Waals surface area contributed by atoms with Gasteiger partial charge >= 0.3 is 5.97 Å². The Morgan fingerprint density at radius 2 is 1.22 bits per heavy atom. The lowest BCUT2D eigenvalue weighted by Gasteiger charge is -2.41. The minimum atomic E-state index is -1.95. The number of rotatable bonds is 28. The second kappa shape index (κ2) is 24.7. The van der Waals surface area contributed by atoms with Crippen molar-refractivity contribution in [2.45, 2.75) is 282 Å². The molecule has 0 spiro atoms. The summed E-state index contributed by atoms with van der Waals surface area (Å²) in [7, 11) is -3.88. The van der Waals surface area contributed by atoms with Crippen LogP contribution >= 0.6 is 0 Å². The zero-order valence-electron chi connectivity index (χ0n) is 39.8. The molecule has 8 atom stereocenters. The van der Waals surface area contributed by atoms with E-state index < -0.39 is 22.7 Å². The van der Waals surface area contributed by atoms with Crippen LogP contribution in [-0.4, -0.2) is 76.5 Å². The molecule has 338 valence electrons. The summed E-state index contributed by atoms with van der Waals surface area (Å²) >= 11 is 0. The van der Waals surface area contributed by atoms with Gasteiger partial charge in [0.25, 0.3) is 0 Å². The van der Waals surface area contributed by atoms with Crippen molar-refractivity contribution >= 4 is 22.6 Å². The van der Waals surface area contributed by atoms with Gasteiger partial charge < -0.3 is 28.2 Å². The van der Waals surface area contributed by atoms with Crippen LogP contribution in [0.3, 0.4) is 0 Å². The van der Waals surface area contributed by atoms with E-state index in [1.807, 2.05) is 13.0 Å². The predicted molar refractivity (Wildman–Crippen MR) is 247 cm³/mol.